The molecule has 0 saturated carbocycles. The fraction of sp³-hybridized carbons (Fsp3) is 0.231. The summed E-state index contributed by atoms with van der Waals surface area (Å²) < 4.78 is 0. The molecule has 1 aromatic rings. The number of allylic oxidation sites excluding steroid dienone is 3. The Bertz CT molecular complexity index is 391. The van der Waals surface area contributed by atoms with Gasteiger partial charge in [-0.15, -0.1) is 0 Å². The molecule has 0 radical (unpaired) electrons. The van der Waals surface area contributed by atoms with Crippen molar-refractivity contribution in [2.24, 2.45) is 0 Å². The summed E-state index contributed by atoms with van der Waals surface area (Å²) in [6, 6.07) is 7.86. The highest BCUT2D eigenvalue weighted by molar-refractivity contribution is 5.65. The van der Waals surface area contributed by atoms with E-state index in [2.05, 4.69) is 23.5 Å². The van der Waals surface area contributed by atoms with Crippen LogP contribution in [0, 0.1) is 0 Å². The van der Waals surface area contributed by atoms with Gasteiger partial charge in [0.25, 0.3) is 0 Å². The molecule has 2 rings (SSSR count). The number of benzene rings is 1. The standard InChI is InChI=1S/C13H16N2/c14-12-8-4-5-9-13(12)15-10-11-6-2-1-3-7-11/h1-2,4-6,8-9,15H,3,7,10,14H2. The second-order valence-electron chi connectivity index (χ2n) is 3.73. The zero-order chi connectivity index (χ0) is 10.5. The number of nitrogen functional groups attached to an aromatic ring is 1. The number of nitrogens with one attached hydrogen (secondary N) is 1. The van der Waals surface area contributed by atoms with Gasteiger partial charge in [-0.3, -0.25) is 0 Å². The van der Waals surface area contributed by atoms with Gasteiger partial charge in [0, 0.05) is 6.54 Å². The summed E-state index contributed by atoms with van der Waals surface area (Å²) in [5, 5.41) is 3.36. The Morgan fingerprint density at radius 1 is 1.27 bits per heavy atom. The molecule has 0 amide bonds. The van der Waals surface area contributed by atoms with E-state index in [0.29, 0.717) is 0 Å². The maximum atomic E-state index is 5.84. The minimum Gasteiger partial charge on any atom is -0.397 e. The van der Waals surface area contributed by atoms with Crippen LogP contribution >= 0.6 is 0 Å². The fourth-order valence-electron chi connectivity index (χ4n) is 1.67. The van der Waals surface area contributed by atoms with Crippen molar-refractivity contribution in [1.29, 1.82) is 0 Å². The van der Waals surface area contributed by atoms with Crippen molar-refractivity contribution in [3.63, 3.8) is 0 Å². The Morgan fingerprint density at radius 3 is 2.87 bits per heavy atom. The molecule has 1 aliphatic carbocycles. The van der Waals surface area contributed by atoms with Gasteiger partial charge in [0.2, 0.25) is 0 Å². The second kappa shape index (κ2) is 4.69. The average Bonchev–Trinajstić information content (AvgIpc) is 2.29. The number of rotatable bonds is 3. The van der Waals surface area contributed by atoms with Gasteiger partial charge in [-0.2, -0.15) is 0 Å². The van der Waals surface area contributed by atoms with Crippen LogP contribution in [-0.2, 0) is 0 Å². The van der Waals surface area contributed by atoms with E-state index in [0.717, 1.165) is 30.8 Å². The molecule has 0 unspecified atom stereocenters. The molecule has 2 nitrogen and oxygen atoms in total. The van der Waals surface area contributed by atoms with E-state index in [-0.39, 0.29) is 0 Å². The minimum absolute atomic E-state index is 0.810. The molecule has 3 N–H and O–H groups in total. The lowest BCUT2D eigenvalue weighted by Crippen LogP contribution is -2.07. The highest BCUT2D eigenvalue weighted by atomic mass is 14.9. The quantitative estimate of drug-likeness (QED) is 0.736. The predicted octanol–water partition coefficient (Wildman–Crippen LogP) is 2.96. The van der Waals surface area contributed by atoms with Crippen LogP contribution in [0.5, 0.6) is 0 Å². The number of hydrogen-bond donors (Lipinski definition) is 2. The van der Waals surface area contributed by atoms with Gasteiger partial charge in [-0.05, 0) is 25.0 Å². The molecular formula is C13H16N2. The Morgan fingerprint density at radius 2 is 2.13 bits per heavy atom. The van der Waals surface area contributed by atoms with E-state index >= 15 is 0 Å². The zero-order valence-corrected chi connectivity index (χ0v) is 8.74. The molecule has 0 aliphatic heterocycles. The number of para-hydroxylation sites is 2. The molecule has 2 heteroatoms. The lowest BCUT2D eigenvalue weighted by Gasteiger charge is -2.12. The van der Waals surface area contributed by atoms with E-state index in [4.69, 9.17) is 5.73 Å². The molecule has 0 saturated heterocycles. The summed E-state index contributed by atoms with van der Waals surface area (Å²) in [5.74, 6) is 0. The molecular weight excluding hydrogens is 184 g/mol. The molecule has 0 aromatic heterocycles. The first kappa shape index (κ1) is 9.84. The van der Waals surface area contributed by atoms with Crippen LogP contribution < -0.4 is 11.1 Å². The van der Waals surface area contributed by atoms with Gasteiger partial charge in [-0.25, -0.2) is 0 Å². The Hall–Kier alpha value is -1.70. The Balaban J connectivity index is 1.96. The summed E-state index contributed by atoms with van der Waals surface area (Å²) in [6.45, 7) is 0.887. The first-order valence-corrected chi connectivity index (χ1v) is 5.29. The van der Waals surface area contributed by atoms with Crippen LogP contribution in [0.4, 0.5) is 11.4 Å². The number of nitrogens with two attached hydrogens (primary N) is 1. The van der Waals surface area contributed by atoms with E-state index in [1.165, 1.54) is 5.57 Å². The summed E-state index contributed by atoms with van der Waals surface area (Å²) in [5.41, 5.74) is 9.10. The van der Waals surface area contributed by atoms with Crippen molar-refractivity contribution in [3.8, 4) is 0 Å². The summed E-state index contributed by atoms with van der Waals surface area (Å²) in [7, 11) is 0. The van der Waals surface area contributed by atoms with Crippen molar-refractivity contribution >= 4 is 11.4 Å². The molecule has 0 fully saturated rings. The summed E-state index contributed by atoms with van der Waals surface area (Å²) in [4.78, 5) is 0. The Kier molecular flexibility index (Phi) is 3.08. The summed E-state index contributed by atoms with van der Waals surface area (Å²) in [6.07, 6.45) is 8.79. The Labute approximate surface area is 90.5 Å². The number of hydrogen-bond acceptors (Lipinski definition) is 2. The first-order valence-electron chi connectivity index (χ1n) is 5.29. The number of anilines is 2. The lowest BCUT2D eigenvalue weighted by atomic mass is 10.1. The van der Waals surface area contributed by atoms with Crippen molar-refractivity contribution < 1.29 is 0 Å². The van der Waals surface area contributed by atoms with E-state index < -0.39 is 0 Å². The average molecular weight is 200 g/mol. The van der Waals surface area contributed by atoms with Crippen molar-refractivity contribution in [3.05, 3.63) is 48.1 Å². The normalized spacial score (nSPS) is 14.8. The predicted molar refractivity (Wildman–Crippen MR) is 65.8 cm³/mol. The first-order chi connectivity index (χ1) is 7.36. The van der Waals surface area contributed by atoms with Gasteiger partial charge in [0.15, 0.2) is 0 Å². The van der Waals surface area contributed by atoms with Crippen molar-refractivity contribution in [1.82, 2.24) is 0 Å². The van der Waals surface area contributed by atoms with Crippen LogP contribution in [0.15, 0.2) is 48.1 Å². The fourth-order valence-corrected chi connectivity index (χ4v) is 1.67. The second-order valence-corrected chi connectivity index (χ2v) is 3.73. The van der Waals surface area contributed by atoms with Crippen LogP contribution in [0.1, 0.15) is 12.8 Å². The zero-order valence-electron chi connectivity index (χ0n) is 8.74. The highest BCUT2D eigenvalue weighted by Gasteiger charge is 2.01. The smallest absolute Gasteiger partial charge is 0.0576 e. The van der Waals surface area contributed by atoms with Gasteiger partial charge < -0.3 is 11.1 Å². The maximum absolute atomic E-state index is 5.84. The van der Waals surface area contributed by atoms with Crippen molar-refractivity contribution in [2.75, 3.05) is 17.6 Å². The monoisotopic (exact) mass is 200 g/mol. The molecule has 1 aromatic carbocycles. The third kappa shape index (κ3) is 2.62. The summed E-state index contributed by atoms with van der Waals surface area (Å²) >= 11 is 0. The molecule has 0 spiro atoms. The van der Waals surface area contributed by atoms with Gasteiger partial charge in [0.1, 0.15) is 0 Å². The van der Waals surface area contributed by atoms with E-state index in [1.807, 2.05) is 24.3 Å². The molecule has 1 aliphatic rings. The minimum atomic E-state index is 0.810. The molecule has 78 valence electrons. The third-order valence-corrected chi connectivity index (χ3v) is 2.57. The molecule has 0 bridgehead atoms. The third-order valence-electron chi connectivity index (χ3n) is 2.57. The van der Waals surface area contributed by atoms with E-state index in [9.17, 15) is 0 Å². The molecule has 15 heavy (non-hydrogen) atoms. The van der Waals surface area contributed by atoms with Crippen LogP contribution in [0.3, 0.4) is 0 Å². The SMILES string of the molecule is Nc1ccccc1NCC1=CC=CCC1. The molecule has 0 atom stereocenters. The van der Waals surface area contributed by atoms with Gasteiger partial charge in [0.05, 0.1) is 11.4 Å². The highest BCUT2D eigenvalue weighted by Crippen LogP contribution is 2.18. The van der Waals surface area contributed by atoms with Gasteiger partial charge in [-0.1, -0.05) is 35.9 Å². The van der Waals surface area contributed by atoms with E-state index in [1.54, 1.807) is 0 Å². The van der Waals surface area contributed by atoms with Crippen LogP contribution in [0.2, 0.25) is 0 Å². The van der Waals surface area contributed by atoms with Crippen molar-refractivity contribution in [2.45, 2.75) is 12.8 Å². The van der Waals surface area contributed by atoms with Crippen LogP contribution in [-0.4, -0.2) is 6.54 Å². The lowest BCUT2D eigenvalue weighted by molar-refractivity contribution is 0.933. The van der Waals surface area contributed by atoms with Gasteiger partial charge >= 0.3 is 0 Å². The molecule has 0 heterocycles. The topological polar surface area (TPSA) is 38.0 Å². The van der Waals surface area contributed by atoms with Crippen LogP contribution in [0.25, 0.3) is 0 Å². The largest absolute Gasteiger partial charge is 0.397 e. The maximum Gasteiger partial charge on any atom is 0.0576 e.